The second-order valence-electron chi connectivity index (χ2n) is 5.97. The normalized spacial score (nSPS) is 25.5. The molecule has 3 unspecified atom stereocenters. The van der Waals surface area contributed by atoms with Crippen molar-refractivity contribution in [3.05, 3.63) is 35.9 Å². The average Bonchev–Trinajstić information content (AvgIpc) is 2.88. The maximum Gasteiger partial charge on any atom is 0.316 e. The van der Waals surface area contributed by atoms with Crippen molar-refractivity contribution in [3.8, 4) is 0 Å². The fourth-order valence-electron chi connectivity index (χ4n) is 3.06. The lowest BCUT2D eigenvalue weighted by Gasteiger charge is -2.32. The van der Waals surface area contributed by atoms with E-state index in [1.54, 1.807) is 6.92 Å². The first-order valence-corrected chi connectivity index (χ1v) is 7.58. The lowest BCUT2D eigenvalue weighted by molar-refractivity contribution is -0.171. The van der Waals surface area contributed by atoms with Crippen LogP contribution in [0, 0.1) is 5.41 Å². The Bertz CT molecular complexity index is 531. The van der Waals surface area contributed by atoms with Crippen LogP contribution in [-0.4, -0.2) is 24.1 Å². The molecule has 3 atom stereocenters. The van der Waals surface area contributed by atoms with E-state index in [2.05, 4.69) is 0 Å². The van der Waals surface area contributed by atoms with Crippen LogP contribution in [0.2, 0.25) is 0 Å². The van der Waals surface area contributed by atoms with Crippen LogP contribution in [0.25, 0.3) is 0 Å². The van der Waals surface area contributed by atoms with E-state index in [1.165, 1.54) is 6.92 Å². The Morgan fingerprint density at radius 3 is 2.59 bits per heavy atom. The molecule has 2 rings (SSSR count). The van der Waals surface area contributed by atoms with Crippen LogP contribution in [0.1, 0.15) is 38.7 Å². The Hall–Kier alpha value is -1.88. The van der Waals surface area contributed by atoms with Gasteiger partial charge in [0.1, 0.15) is 18.1 Å². The van der Waals surface area contributed by atoms with Crippen molar-refractivity contribution in [2.45, 2.75) is 51.9 Å². The molecule has 2 N–H and O–H groups in total. The smallest absolute Gasteiger partial charge is 0.316 e. The van der Waals surface area contributed by atoms with Gasteiger partial charge in [-0.2, -0.15) is 0 Å². The highest BCUT2D eigenvalue weighted by molar-refractivity contribution is 5.79. The first-order valence-electron chi connectivity index (χ1n) is 7.58. The van der Waals surface area contributed by atoms with Crippen molar-refractivity contribution in [3.63, 3.8) is 0 Å². The van der Waals surface area contributed by atoms with Gasteiger partial charge < -0.3 is 15.2 Å². The third-order valence-electron chi connectivity index (χ3n) is 4.33. The molecular formula is C17H23NO4. The Morgan fingerprint density at radius 1 is 1.36 bits per heavy atom. The van der Waals surface area contributed by atoms with Gasteiger partial charge in [0.2, 0.25) is 0 Å². The van der Waals surface area contributed by atoms with Gasteiger partial charge in [-0.1, -0.05) is 30.3 Å². The number of carbonyl (C=O) groups is 2. The molecule has 1 aliphatic rings. The summed E-state index contributed by atoms with van der Waals surface area (Å²) in [5.74, 6) is -0.735. The van der Waals surface area contributed by atoms with E-state index in [-0.39, 0.29) is 18.6 Å². The van der Waals surface area contributed by atoms with Crippen LogP contribution in [-0.2, 0) is 25.7 Å². The molecule has 120 valence electrons. The number of carbonyl (C=O) groups excluding carboxylic acids is 2. The molecule has 1 aromatic carbocycles. The number of hydrogen-bond acceptors (Lipinski definition) is 5. The van der Waals surface area contributed by atoms with Crippen LogP contribution < -0.4 is 5.73 Å². The van der Waals surface area contributed by atoms with E-state index >= 15 is 0 Å². The van der Waals surface area contributed by atoms with Crippen molar-refractivity contribution >= 4 is 11.9 Å². The molecule has 0 aromatic heterocycles. The SMILES string of the molecule is CC(=O)OC(C)C1(C(=O)OCc2ccccc2)CCC(N)C1. The van der Waals surface area contributed by atoms with Gasteiger partial charge in [-0.25, -0.2) is 0 Å². The van der Waals surface area contributed by atoms with Gasteiger partial charge in [0.15, 0.2) is 0 Å². The van der Waals surface area contributed by atoms with Crippen LogP contribution in [0.5, 0.6) is 0 Å². The summed E-state index contributed by atoms with van der Waals surface area (Å²) in [6.45, 7) is 3.29. The lowest BCUT2D eigenvalue weighted by Crippen LogP contribution is -2.43. The molecule has 0 spiro atoms. The standard InChI is InChI=1S/C17H23NO4/c1-12(22-13(2)19)17(9-8-15(18)10-17)16(20)21-11-14-6-4-3-5-7-14/h3-7,12,15H,8-11,18H2,1-2H3. The third-order valence-corrected chi connectivity index (χ3v) is 4.33. The fourth-order valence-corrected chi connectivity index (χ4v) is 3.06. The monoisotopic (exact) mass is 305 g/mol. The number of ether oxygens (including phenoxy) is 2. The molecule has 1 aromatic rings. The summed E-state index contributed by atoms with van der Waals surface area (Å²) < 4.78 is 10.7. The van der Waals surface area contributed by atoms with Crippen molar-refractivity contribution in [2.75, 3.05) is 0 Å². The molecule has 1 saturated carbocycles. The molecule has 0 aliphatic heterocycles. The number of nitrogens with two attached hydrogens (primary N) is 1. The number of hydrogen-bond donors (Lipinski definition) is 1. The van der Waals surface area contributed by atoms with Crippen molar-refractivity contribution in [1.29, 1.82) is 0 Å². The fraction of sp³-hybridized carbons (Fsp3) is 0.529. The molecule has 1 fully saturated rings. The van der Waals surface area contributed by atoms with Crippen molar-refractivity contribution < 1.29 is 19.1 Å². The van der Waals surface area contributed by atoms with Gasteiger partial charge in [-0.05, 0) is 31.7 Å². The summed E-state index contributed by atoms with van der Waals surface area (Å²) in [4.78, 5) is 23.9. The van der Waals surface area contributed by atoms with Crippen LogP contribution in [0.15, 0.2) is 30.3 Å². The molecule has 0 bridgehead atoms. The van der Waals surface area contributed by atoms with E-state index in [0.717, 1.165) is 12.0 Å². The van der Waals surface area contributed by atoms with Crippen LogP contribution in [0.3, 0.4) is 0 Å². The molecule has 5 nitrogen and oxygen atoms in total. The molecular weight excluding hydrogens is 282 g/mol. The van der Waals surface area contributed by atoms with E-state index in [0.29, 0.717) is 12.8 Å². The second kappa shape index (κ2) is 6.92. The minimum atomic E-state index is -0.833. The Labute approximate surface area is 130 Å². The van der Waals surface area contributed by atoms with Crippen molar-refractivity contribution in [2.24, 2.45) is 11.1 Å². The predicted molar refractivity (Wildman–Crippen MR) is 81.7 cm³/mol. The highest BCUT2D eigenvalue weighted by Crippen LogP contribution is 2.43. The van der Waals surface area contributed by atoms with E-state index in [4.69, 9.17) is 15.2 Å². The third kappa shape index (κ3) is 3.65. The number of esters is 2. The van der Waals surface area contributed by atoms with Gasteiger partial charge in [0.25, 0.3) is 0 Å². The molecule has 22 heavy (non-hydrogen) atoms. The maximum absolute atomic E-state index is 12.6. The summed E-state index contributed by atoms with van der Waals surface area (Å²) in [5, 5.41) is 0. The van der Waals surface area contributed by atoms with E-state index in [9.17, 15) is 9.59 Å². The van der Waals surface area contributed by atoms with Crippen LogP contribution in [0.4, 0.5) is 0 Å². The number of benzene rings is 1. The van der Waals surface area contributed by atoms with Gasteiger partial charge in [-0.15, -0.1) is 0 Å². The second-order valence-corrected chi connectivity index (χ2v) is 5.97. The average molecular weight is 305 g/mol. The highest BCUT2D eigenvalue weighted by atomic mass is 16.6. The topological polar surface area (TPSA) is 78.6 Å². The first-order chi connectivity index (χ1) is 10.4. The summed E-state index contributed by atoms with van der Waals surface area (Å²) in [5.41, 5.74) is 6.07. The minimum Gasteiger partial charge on any atom is -0.462 e. The Morgan fingerprint density at radius 2 is 2.05 bits per heavy atom. The zero-order chi connectivity index (χ0) is 16.2. The molecule has 0 amide bonds. The largest absolute Gasteiger partial charge is 0.462 e. The van der Waals surface area contributed by atoms with Gasteiger partial charge >= 0.3 is 11.9 Å². The molecule has 0 saturated heterocycles. The molecule has 1 aliphatic carbocycles. The Balaban J connectivity index is 2.08. The molecule has 0 radical (unpaired) electrons. The van der Waals surface area contributed by atoms with Gasteiger partial charge in [0.05, 0.1) is 0 Å². The summed E-state index contributed by atoms with van der Waals surface area (Å²) >= 11 is 0. The van der Waals surface area contributed by atoms with Gasteiger partial charge in [0, 0.05) is 13.0 Å². The number of rotatable bonds is 5. The van der Waals surface area contributed by atoms with Crippen molar-refractivity contribution in [1.82, 2.24) is 0 Å². The maximum atomic E-state index is 12.6. The van der Waals surface area contributed by atoms with Gasteiger partial charge in [-0.3, -0.25) is 9.59 Å². The predicted octanol–water partition coefficient (Wildman–Crippen LogP) is 2.18. The van der Waals surface area contributed by atoms with E-state index in [1.807, 2.05) is 30.3 Å². The Kier molecular flexibility index (Phi) is 5.19. The molecule has 0 heterocycles. The quantitative estimate of drug-likeness (QED) is 0.844. The minimum absolute atomic E-state index is 0.0673. The molecule has 5 heteroatoms. The zero-order valence-electron chi connectivity index (χ0n) is 13.1. The highest BCUT2D eigenvalue weighted by Gasteiger charge is 2.51. The summed E-state index contributed by atoms with van der Waals surface area (Å²) in [6, 6.07) is 9.43. The zero-order valence-corrected chi connectivity index (χ0v) is 13.1. The van der Waals surface area contributed by atoms with E-state index < -0.39 is 17.5 Å². The first kappa shape index (κ1) is 16.5. The lowest BCUT2D eigenvalue weighted by atomic mass is 9.80. The summed E-state index contributed by atoms with van der Waals surface area (Å²) in [7, 11) is 0. The summed E-state index contributed by atoms with van der Waals surface area (Å²) in [6.07, 6.45) is 1.25. The van der Waals surface area contributed by atoms with Crippen LogP contribution >= 0.6 is 0 Å².